The summed E-state index contributed by atoms with van der Waals surface area (Å²) in [5.74, 6) is 0. The van der Waals surface area contributed by atoms with Crippen LogP contribution in [0.5, 0.6) is 0 Å². The standard InChI is InChI=1S/C13H18N2O2/c1-13(8-2-9-13)14-10-7-11-3-5-12(6-4-11)15(16)17/h3-6,14H,2,7-10H2,1H3. The van der Waals surface area contributed by atoms with Gasteiger partial charge in [-0.15, -0.1) is 0 Å². The van der Waals surface area contributed by atoms with Crippen molar-refractivity contribution < 1.29 is 4.92 Å². The zero-order valence-corrected chi connectivity index (χ0v) is 10.1. The molecule has 1 aromatic carbocycles. The lowest BCUT2D eigenvalue weighted by atomic mass is 9.78. The first-order valence-corrected chi connectivity index (χ1v) is 6.07. The molecule has 0 amide bonds. The number of hydrogen-bond donors (Lipinski definition) is 1. The molecule has 17 heavy (non-hydrogen) atoms. The van der Waals surface area contributed by atoms with Crippen LogP contribution in [0.15, 0.2) is 24.3 Å². The first-order valence-electron chi connectivity index (χ1n) is 6.07. The Bertz CT molecular complexity index is 396. The Morgan fingerprint density at radius 2 is 2.00 bits per heavy atom. The highest BCUT2D eigenvalue weighted by Gasteiger charge is 2.30. The maximum absolute atomic E-state index is 10.5. The van der Waals surface area contributed by atoms with Crippen molar-refractivity contribution >= 4 is 5.69 Å². The lowest BCUT2D eigenvalue weighted by Crippen LogP contribution is -2.48. The Kier molecular flexibility index (Phi) is 3.43. The van der Waals surface area contributed by atoms with Crippen molar-refractivity contribution in [3.63, 3.8) is 0 Å². The zero-order chi connectivity index (χ0) is 12.3. The summed E-state index contributed by atoms with van der Waals surface area (Å²) in [4.78, 5) is 10.1. The van der Waals surface area contributed by atoms with Gasteiger partial charge in [0.25, 0.3) is 5.69 Å². The summed E-state index contributed by atoms with van der Waals surface area (Å²) >= 11 is 0. The Hall–Kier alpha value is -1.42. The first-order chi connectivity index (χ1) is 8.09. The molecular formula is C13H18N2O2. The molecule has 0 saturated heterocycles. The van der Waals surface area contributed by atoms with E-state index in [-0.39, 0.29) is 10.6 Å². The van der Waals surface area contributed by atoms with Gasteiger partial charge in [0, 0.05) is 17.7 Å². The summed E-state index contributed by atoms with van der Waals surface area (Å²) in [6.45, 7) is 3.20. The van der Waals surface area contributed by atoms with E-state index in [2.05, 4.69) is 12.2 Å². The minimum atomic E-state index is -0.364. The summed E-state index contributed by atoms with van der Waals surface area (Å²) in [6, 6.07) is 6.81. The molecule has 1 aliphatic carbocycles. The molecule has 4 nitrogen and oxygen atoms in total. The molecule has 0 atom stereocenters. The predicted molar refractivity (Wildman–Crippen MR) is 67.1 cm³/mol. The predicted octanol–water partition coefficient (Wildman–Crippen LogP) is 2.67. The second-order valence-electron chi connectivity index (χ2n) is 5.01. The van der Waals surface area contributed by atoms with Gasteiger partial charge >= 0.3 is 0 Å². The van der Waals surface area contributed by atoms with E-state index in [1.54, 1.807) is 12.1 Å². The SMILES string of the molecule is CC1(NCCc2ccc([N+](=O)[O-])cc2)CCC1. The number of nitrogens with zero attached hydrogens (tertiary/aromatic N) is 1. The van der Waals surface area contributed by atoms with E-state index in [0.717, 1.165) is 18.5 Å². The maximum Gasteiger partial charge on any atom is 0.269 e. The fourth-order valence-corrected chi connectivity index (χ4v) is 2.18. The van der Waals surface area contributed by atoms with E-state index in [1.807, 2.05) is 12.1 Å². The van der Waals surface area contributed by atoms with E-state index in [4.69, 9.17) is 0 Å². The number of non-ortho nitro benzene ring substituents is 1. The lowest BCUT2D eigenvalue weighted by Gasteiger charge is -2.39. The van der Waals surface area contributed by atoms with Gasteiger partial charge in [0.2, 0.25) is 0 Å². The molecule has 1 aliphatic rings. The average molecular weight is 234 g/mol. The highest BCUT2D eigenvalue weighted by atomic mass is 16.6. The van der Waals surface area contributed by atoms with Gasteiger partial charge in [-0.3, -0.25) is 10.1 Å². The molecule has 92 valence electrons. The first kappa shape index (κ1) is 12.0. The van der Waals surface area contributed by atoms with Gasteiger partial charge in [-0.1, -0.05) is 12.1 Å². The molecule has 1 saturated carbocycles. The Morgan fingerprint density at radius 3 is 2.47 bits per heavy atom. The molecule has 4 heteroatoms. The third-order valence-electron chi connectivity index (χ3n) is 3.57. The number of hydrogen-bond acceptors (Lipinski definition) is 3. The van der Waals surface area contributed by atoms with Crippen LogP contribution in [-0.2, 0) is 6.42 Å². The molecular weight excluding hydrogens is 216 g/mol. The van der Waals surface area contributed by atoms with Gasteiger partial charge in [-0.25, -0.2) is 0 Å². The van der Waals surface area contributed by atoms with E-state index < -0.39 is 0 Å². The van der Waals surface area contributed by atoms with Crippen LogP contribution in [0.25, 0.3) is 0 Å². The summed E-state index contributed by atoms with van der Waals surface area (Å²) < 4.78 is 0. The molecule has 0 bridgehead atoms. The van der Waals surface area contributed by atoms with Crippen LogP contribution in [0.4, 0.5) is 5.69 Å². The minimum Gasteiger partial charge on any atom is -0.311 e. The average Bonchev–Trinajstić information content (AvgIpc) is 2.27. The Labute approximate surface area is 101 Å². The second-order valence-corrected chi connectivity index (χ2v) is 5.01. The molecule has 0 heterocycles. The van der Waals surface area contributed by atoms with Gasteiger partial charge in [0.05, 0.1) is 4.92 Å². The van der Waals surface area contributed by atoms with Crippen LogP contribution in [0, 0.1) is 10.1 Å². The van der Waals surface area contributed by atoms with Crippen LogP contribution in [-0.4, -0.2) is 17.0 Å². The van der Waals surface area contributed by atoms with Crippen LogP contribution in [0.1, 0.15) is 31.7 Å². The van der Waals surface area contributed by atoms with Crippen molar-refractivity contribution in [2.24, 2.45) is 0 Å². The topological polar surface area (TPSA) is 55.2 Å². The van der Waals surface area contributed by atoms with E-state index in [1.165, 1.54) is 19.3 Å². The largest absolute Gasteiger partial charge is 0.311 e. The molecule has 1 aromatic rings. The molecule has 1 fully saturated rings. The van der Waals surface area contributed by atoms with Crippen molar-refractivity contribution in [3.05, 3.63) is 39.9 Å². The molecule has 2 rings (SSSR count). The summed E-state index contributed by atoms with van der Waals surface area (Å²) in [7, 11) is 0. The smallest absolute Gasteiger partial charge is 0.269 e. The normalized spacial score (nSPS) is 17.5. The van der Waals surface area contributed by atoms with Crippen molar-refractivity contribution in [1.82, 2.24) is 5.32 Å². The van der Waals surface area contributed by atoms with Crippen LogP contribution >= 0.6 is 0 Å². The number of benzene rings is 1. The quantitative estimate of drug-likeness (QED) is 0.629. The Balaban J connectivity index is 1.80. The summed E-state index contributed by atoms with van der Waals surface area (Å²) in [5.41, 5.74) is 1.64. The molecule has 0 unspecified atom stereocenters. The van der Waals surface area contributed by atoms with Crippen LogP contribution in [0.2, 0.25) is 0 Å². The van der Waals surface area contributed by atoms with Gasteiger partial charge in [-0.2, -0.15) is 0 Å². The second kappa shape index (κ2) is 4.84. The Morgan fingerprint density at radius 1 is 1.35 bits per heavy atom. The fourth-order valence-electron chi connectivity index (χ4n) is 2.18. The van der Waals surface area contributed by atoms with E-state index >= 15 is 0 Å². The molecule has 0 aliphatic heterocycles. The molecule has 0 radical (unpaired) electrons. The third-order valence-corrected chi connectivity index (χ3v) is 3.57. The van der Waals surface area contributed by atoms with E-state index in [0.29, 0.717) is 5.54 Å². The van der Waals surface area contributed by atoms with Gasteiger partial charge in [-0.05, 0) is 44.7 Å². The van der Waals surface area contributed by atoms with Gasteiger partial charge in [0.1, 0.15) is 0 Å². The highest BCUT2D eigenvalue weighted by molar-refractivity contribution is 5.32. The van der Waals surface area contributed by atoms with Crippen molar-refractivity contribution in [1.29, 1.82) is 0 Å². The number of nitro groups is 1. The fraction of sp³-hybridized carbons (Fsp3) is 0.538. The molecule has 0 spiro atoms. The highest BCUT2D eigenvalue weighted by Crippen LogP contribution is 2.30. The van der Waals surface area contributed by atoms with Crippen molar-refractivity contribution in [2.45, 2.75) is 38.1 Å². The molecule has 0 aromatic heterocycles. The van der Waals surface area contributed by atoms with Crippen molar-refractivity contribution in [3.8, 4) is 0 Å². The number of nitrogens with one attached hydrogen (secondary N) is 1. The zero-order valence-electron chi connectivity index (χ0n) is 10.1. The molecule has 1 N–H and O–H groups in total. The number of rotatable bonds is 5. The van der Waals surface area contributed by atoms with Crippen LogP contribution in [0.3, 0.4) is 0 Å². The summed E-state index contributed by atoms with van der Waals surface area (Å²) in [6.07, 6.45) is 4.76. The third kappa shape index (κ3) is 3.03. The lowest BCUT2D eigenvalue weighted by molar-refractivity contribution is -0.384. The van der Waals surface area contributed by atoms with Gasteiger partial charge < -0.3 is 5.32 Å². The monoisotopic (exact) mass is 234 g/mol. The maximum atomic E-state index is 10.5. The van der Waals surface area contributed by atoms with E-state index in [9.17, 15) is 10.1 Å². The minimum absolute atomic E-state index is 0.160. The van der Waals surface area contributed by atoms with Gasteiger partial charge in [0.15, 0.2) is 0 Å². The van der Waals surface area contributed by atoms with Crippen LogP contribution < -0.4 is 5.32 Å². The summed E-state index contributed by atoms with van der Waals surface area (Å²) in [5, 5.41) is 14.0. The number of nitro benzene ring substituents is 1. The van der Waals surface area contributed by atoms with Crippen molar-refractivity contribution in [2.75, 3.05) is 6.54 Å².